The van der Waals surface area contributed by atoms with Gasteiger partial charge >= 0.3 is 5.97 Å². The summed E-state index contributed by atoms with van der Waals surface area (Å²) in [6.45, 7) is 58.9. The predicted molar refractivity (Wildman–Crippen MR) is 338 cm³/mol. The fourth-order valence-electron chi connectivity index (χ4n) is 7.23. The van der Waals surface area contributed by atoms with Crippen LogP contribution in [0.2, 0.25) is 90.7 Å². The summed E-state index contributed by atoms with van der Waals surface area (Å²) in [5.41, 5.74) is 1.70. The number of rotatable bonds is 25. The molecular formula is C63H112O8Si5. The molecule has 1 heterocycles. The van der Waals surface area contributed by atoms with Gasteiger partial charge in [-0.15, -0.1) is 0 Å². The monoisotopic (exact) mass is 1140 g/mol. The van der Waals surface area contributed by atoms with Crippen molar-refractivity contribution in [1.82, 2.24) is 0 Å². The Bertz CT molecular complexity index is 2240. The number of benzene rings is 2. The summed E-state index contributed by atoms with van der Waals surface area (Å²) < 4.78 is 50.8. The van der Waals surface area contributed by atoms with Crippen LogP contribution in [0.4, 0.5) is 0 Å². The Kier molecular flexibility index (Phi) is 23.1. The molecule has 0 saturated heterocycles. The number of unbranched alkanes of at least 4 members (excludes halogenated alkanes) is 5. The largest absolute Gasteiger partial charge is 0.543 e. The second-order valence-electron chi connectivity index (χ2n) is 29.4. The molecule has 0 radical (unpaired) electrons. The van der Waals surface area contributed by atoms with E-state index in [1.54, 1.807) is 0 Å². The molecule has 0 aromatic heterocycles. The van der Waals surface area contributed by atoms with E-state index in [0.29, 0.717) is 35.8 Å². The topological polar surface area (TPSA) is 81.7 Å². The van der Waals surface area contributed by atoms with Crippen LogP contribution in [0.1, 0.15) is 192 Å². The number of hydrogen-bond acceptors (Lipinski definition) is 8. The van der Waals surface area contributed by atoms with Crippen LogP contribution < -0.4 is 26.9 Å². The summed E-state index contributed by atoms with van der Waals surface area (Å²) in [6.07, 6.45) is 22.1. The standard InChI is InChI=1S/C63H112O8Si5/c1-27-28-29-30-31-32-33-34-35-36-37-38-39-40-41-42-56(64)65-53-47-50-51(45-49(67-72(17,18)59(2,3)4)46-52(50)68-73(19,20)60(5,6)7)66-57(53)48-43-54(69-74(21,22)61(8,9)10)58(71-76(25,26)63(14,15)16)55(44-48)70-75(23,24)62(11,12)13/h28-29,31-32,34-35,43-46,53,57H,27,30,33,36-42,47H2,1-26H3/b29-28-,32-31-,35-34-/t53-,57-/m1/s1. The quantitative estimate of drug-likeness (QED) is 0.0421. The lowest BCUT2D eigenvalue weighted by molar-refractivity contribution is -0.155. The molecule has 0 unspecified atom stereocenters. The van der Waals surface area contributed by atoms with Gasteiger partial charge in [-0.2, -0.15) is 0 Å². The molecule has 0 bridgehead atoms. The summed E-state index contributed by atoms with van der Waals surface area (Å²) in [5.74, 6) is 3.89. The molecule has 0 amide bonds. The maximum Gasteiger partial charge on any atom is 0.306 e. The average molecular weight is 1140 g/mol. The van der Waals surface area contributed by atoms with Crippen molar-refractivity contribution < 1.29 is 36.4 Å². The molecule has 13 heteroatoms. The Labute approximate surface area is 472 Å². The SMILES string of the molecule is CC/C=C\C/C=C\C/C=C\CCCCCCCC(=O)O[C@@H]1Cc2c(cc(O[Si](C)(C)C(C)(C)C)cc2O[Si](C)(C)C(C)(C)C)O[C@@H]1c1cc(O[Si](C)(C)C(C)(C)C)c(O[Si](C)(C)C(C)(C)C)c(O[Si](C)(C)C(C)(C)C)c1. The first-order valence-electron chi connectivity index (χ1n) is 29.1. The highest BCUT2D eigenvalue weighted by Gasteiger charge is 2.48. The maximum atomic E-state index is 14.3. The highest BCUT2D eigenvalue weighted by molar-refractivity contribution is 6.77. The van der Waals surface area contributed by atoms with Gasteiger partial charge in [-0.3, -0.25) is 4.79 Å². The number of fused-ring (bicyclic) bond motifs is 1. The van der Waals surface area contributed by atoms with E-state index < -0.39 is 53.8 Å². The molecular weight excluding hydrogens is 1030 g/mol. The zero-order valence-corrected chi connectivity index (χ0v) is 58.5. The number of ether oxygens (including phenoxy) is 2. The van der Waals surface area contributed by atoms with Gasteiger partial charge in [0.15, 0.2) is 11.9 Å². The van der Waals surface area contributed by atoms with Gasteiger partial charge in [0.1, 0.15) is 34.9 Å². The minimum atomic E-state index is -2.49. The van der Waals surface area contributed by atoms with Crippen LogP contribution in [0.3, 0.4) is 0 Å². The van der Waals surface area contributed by atoms with Crippen molar-refractivity contribution in [2.75, 3.05) is 0 Å². The summed E-state index contributed by atoms with van der Waals surface area (Å²) in [4.78, 5) is 14.3. The van der Waals surface area contributed by atoms with Crippen molar-refractivity contribution in [2.45, 2.75) is 284 Å². The van der Waals surface area contributed by atoms with E-state index in [9.17, 15) is 4.79 Å². The Morgan fingerprint density at radius 3 is 1.39 bits per heavy atom. The van der Waals surface area contributed by atoms with Crippen molar-refractivity contribution >= 4 is 47.6 Å². The Morgan fingerprint density at radius 1 is 0.513 bits per heavy atom. The van der Waals surface area contributed by atoms with Crippen molar-refractivity contribution in [2.24, 2.45) is 0 Å². The van der Waals surface area contributed by atoms with E-state index in [4.69, 9.17) is 31.6 Å². The highest BCUT2D eigenvalue weighted by atomic mass is 28.4. The maximum absolute atomic E-state index is 14.3. The fourth-order valence-corrected chi connectivity index (χ4v) is 12.3. The van der Waals surface area contributed by atoms with Crippen molar-refractivity contribution in [3.8, 4) is 34.5 Å². The van der Waals surface area contributed by atoms with Crippen LogP contribution in [-0.4, -0.2) is 53.7 Å². The number of esters is 1. The third kappa shape index (κ3) is 18.8. The van der Waals surface area contributed by atoms with E-state index in [-0.39, 0.29) is 31.2 Å². The van der Waals surface area contributed by atoms with Gasteiger partial charge in [0.25, 0.3) is 25.0 Å². The van der Waals surface area contributed by atoms with Gasteiger partial charge in [-0.25, -0.2) is 0 Å². The van der Waals surface area contributed by atoms with Crippen molar-refractivity contribution in [1.29, 1.82) is 0 Å². The molecule has 1 aliphatic heterocycles. The number of carbonyl (C=O) groups excluding carboxylic acids is 1. The Hall–Kier alpha value is -2.99. The van der Waals surface area contributed by atoms with E-state index in [2.05, 4.69) is 237 Å². The van der Waals surface area contributed by atoms with E-state index in [0.717, 1.165) is 80.4 Å². The molecule has 3 rings (SSSR count). The van der Waals surface area contributed by atoms with Crippen LogP contribution in [0.15, 0.2) is 60.7 Å². The molecule has 0 spiro atoms. The van der Waals surface area contributed by atoms with Crippen molar-refractivity contribution in [3.63, 3.8) is 0 Å². The normalized spacial score (nSPS) is 16.8. The van der Waals surface area contributed by atoms with Gasteiger partial charge in [-0.05, 0) is 141 Å². The zero-order chi connectivity index (χ0) is 58.1. The minimum Gasteiger partial charge on any atom is -0.543 e. The summed E-state index contributed by atoms with van der Waals surface area (Å²) in [5, 5.41) is -0.440. The summed E-state index contributed by atoms with van der Waals surface area (Å²) in [7, 11) is -12.1. The molecule has 2 aromatic carbocycles. The molecule has 0 saturated carbocycles. The number of hydrogen-bond donors (Lipinski definition) is 0. The first kappa shape index (κ1) is 67.3. The highest BCUT2D eigenvalue weighted by Crippen LogP contribution is 2.53. The van der Waals surface area contributed by atoms with Gasteiger partial charge in [0.05, 0.1) is 0 Å². The lowest BCUT2D eigenvalue weighted by Gasteiger charge is -2.42. The van der Waals surface area contributed by atoms with Gasteiger partial charge in [-0.1, -0.05) is 166 Å². The zero-order valence-electron chi connectivity index (χ0n) is 53.5. The smallest absolute Gasteiger partial charge is 0.306 e. The third-order valence-electron chi connectivity index (χ3n) is 17.7. The van der Waals surface area contributed by atoms with Gasteiger partial charge < -0.3 is 31.6 Å². The summed E-state index contributed by atoms with van der Waals surface area (Å²) >= 11 is 0. The molecule has 0 fully saturated rings. The second-order valence-corrected chi connectivity index (χ2v) is 53.1. The first-order chi connectivity index (χ1) is 34.5. The number of carbonyl (C=O) groups is 1. The lowest BCUT2D eigenvalue weighted by Crippen LogP contribution is -2.47. The van der Waals surface area contributed by atoms with E-state index >= 15 is 0 Å². The Balaban J connectivity index is 2.26. The van der Waals surface area contributed by atoms with E-state index in [1.807, 2.05) is 0 Å². The van der Waals surface area contributed by atoms with Crippen LogP contribution >= 0.6 is 0 Å². The van der Waals surface area contributed by atoms with Crippen LogP contribution in [0.5, 0.6) is 34.5 Å². The third-order valence-corrected chi connectivity index (χ3v) is 39.4. The van der Waals surface area contributed by atoms with Gasteiger partial charge in [0, 0.05) is 36.1 Å². The van der Waals surface area contributed by atoms with Gasteiger partial charge in [0.2, 0.25) is 16.6 Å². The van der Waals surface area contributed by atoms with Crippen LogP contribution in [-0.2, 0) is 16.0 Å². The van der Waals surface area contributed by atoms with Crippen LogP contribution in [0.25, 0.3) is 0 Å². The predicted octanol–water partition coefficient (Wildman–Crippen LogP) is 20.8. The minimum absolute atomic E-state index is 0.0398. The molecule has 2 aromatic rings. The first-order valence-corrected chi connectivity index (χ1v) is 43.6. The lowest BCUT2D eigenvalue weighted by atomic mass is 9.93. The molecule has 2 atom stereocenters. The molecule has 0 N–H and O–H groups in total. The molecule has 8 nitrogen and oxygen atoms in total. The van der Waals surface area contributed by atoms with E-state index in [1.165, 1.54) is 0 Å². The Morgan fingerprint density at radius 2 is 0.921 bits per heavy atom. The molecule has 76 heavy (non-hydrogen) atoms. The summed E-state index contributed by atoms with van der Waals surface area (Å²) in [6, 6.07) is 8.35. The molecule has 1 aliphatic rings. The molecule has 0 aliphatic carbocycles. The second kappa shape index (κ2) is 26.1. The number of allylic oxidation sites excluding steroid dienone is 6. The molecule has 432 valence electrons. The average Bonchev–Trinajstić information content (AvgIpc) is 3.23. The fraction of sp³-hybridized carbons (Fsp3) is 0.698. The van der Waals surface area contributed by atoms with Crippen LogP contribution in [0, 0.1) is 0 Å². The van der Waals surface area contributed by atoms with Crippen molar-refractivity contribution in [3.05, 3.63) is 71.8 Å².